The number of aromatic nitrogens is 3. The van der Waals surface area contributed by atoms with Gasteiger partial charge in [-0.2, -0.15) is 0 Å². The summed E-state index contributed by atoms with van der Waals surface area (Å²) in [6.07, 6.45) is 3.30. The van der Waals surface area contributed by atoms with Gasteiger partial charge in [-0.1, -0.05) is 30.0 Å². The number of carbonyl (C=O) groups is 1. The van der Waals surface area contributed by atoms with Gasteiger partial charge in [-0.25, -0.2) is 4.98 Å². The minimum atomic E-state index is -0.202. The summed E-state index contributed by atoms with van der Waals surface area (Å²) < 4.78 is 0. The predicted molar refractivity (Wildman–Crippen MR) is 90.8 cm³/mol. The molecule has 2 unspecified atom stereocenters. The standard InChI is InChI=1S/C17H20N4OS/c1-10-9-13-5-3-4-6-14(13)21(10)16(22)11(2)23-17-18-15(19-20-17)12-7-8-12/h3-6,10-12H,7-9H2,1-2H3,(H,18,19,20). The van der Waals surface area contributed by atoms with Crippen molar-refractivity contribution in [1.29, 1.82) is 0 Å². The molecule has 1 aromatic carbocycles. The van der Waals surface area contributed by atoms with Crippen molar-refractivity contribution < 1.29 is 4.79 Å². The number of carbonyl (C=O) groups excluding carboxylic acids is 1. The molecular formula is C17H20N4OS. The first kappa shape index (κ1) is 14.8. The van der Waals surface area contributed by atoms with Crippen molar-refractivity contribution in [2.24, 2.45) is 0 Å². The highest BCUT2D eigenvalue weighted by molar-refractivity contribution is 8.00. The number of hydrogen-bond acceptors (Lipinski definition) is 4. The van der Waals surface area contributed by atoms with Crippen LogP contribution in [0.2, 0.25) is 0 Å². The number of fused-ring (bicyclic) bond motifs is 1. The van der Waals surface area contributed by atoms with E-state index in [1.807, 2.05) is 30.0 Å². The van der Waals surface area contributed by atoms with E-state index in [0.29, 0.717) is 11.1 Å². The average Bonchev–Trinajstić information content (AvgIpc) is 3.19. The van der Waals surface area contributed by atoms with Crippen LogP contribution in [0.3, 0.4) is 0 Å². The van der Waals surface area contributed by atoms with Crippen molar-refractivity contribution in [3.63, 3.8) is 0 Å². The third-order valence-electron chi connectivity index (χ3n) is 4.52. The van der Waals surface area contributed by atoms with Crippen molar-refractivity contribution >= 4 is 23.4 Å². The number of benzene rings is 1. The second-order valence-electron chi connectivity index (χ2n) is 6.43. The van der Waals surface area contributed by atoms with Gasteiger partial charge in [-0.15, -0.1) is 5.10 Å². The van der Waals surface area contributed by atoms with Crippen molar-refractivity contribution in [3.05, 3.63) is 35.7 Å². The highest BCUT2D eigenvalue weighted by Crippen LogP contribution is 2.39. The molecule has 120 valence electrons. The summed E-state index contributed by atoms with van der Waals surface area (Å²) in [7, 11) is 0. The first-order valence-corrected chi connectivity index (χ1v) is 9.01. The molecule has 2 heterocycles. The Labute approximate surface area is 139 Å². The van der Waals surface area contributed by atoms with E-state index in [1.165, 1.54) is 30.2 Å². The van der Waals surface area contributed by atoms with Gasteiger partial charge in [0.2, 0.25) is 11.1 Å². The zero-order valence-corrected chi connectivity index (χ0v) is 14.1. The van der Waals surface area contributed by atoms with Gasteiger partial charge in [0.1, 0.15) is 5.82 Å². The highest BCUT2D eigenvalue weighted by Gasteiger charge is 2.34. The second-order valence-corrected chi connectivity index (χ2v) is 7.74. The summed E-state index contributed by atoms with van der Waals surface area (Å²) in [6.45, 7) is 4.04. The zero-order valence-electron chi connectivity index (χ0n) is 13.3. The topological polar surface area (TPSA) is 61.9 Å². The van der Waals surface area contributed by atoms with Crippen molar-refractivity contribution in [2.45, 2.75) is 55.5 Å². The third kappa shape index (κ3) is 2.76. The molecule has 1 aliphatic carbocycles. The Kier molecular flexibility index (Phi) is 3.64. The van der Waals surface area contributed by atoms with Crippen LogP contribution in [0.4, 0.5) is 5.69 Å². The van der Waals surface area contributed by atoms with Crippen molar-refractivity contribution in [2.75, 3.05) is 4.90 Å². The zero-order chi connectivity index (χ0) is 16.0. The lowest BCUT2D eigenvalue weighted by atomic mass is 10.1. The number of amides is 1. The minimum Gasteiger partial charge on any atom is -0.308 e. The number of hydrogen-bond donors (Lipinski definition) is 1. The summed E-state index contributed by atoms with van der Waals surface area (Å²) in [5, 5.41) is 7.72. The summed E-state index contributed by atoms with van der Waals surface area (Å²) in [5.41, 5.74) is 2.30. The van der Waals surface area contributed by atoms with E-state index in [9.17, 15) is 4.79 Å². The summed E-state index contributed by atoms with van der Waals surface area (Å²) in [4.78, 5) is 19.4. The smallest absolute Gasteiger partial charge is 0.240 e. The van der Waals surface area contributed by atoms with Crippen LogP contribution in [0.1, 0.15) is 44.0 Å². The maximum atomic E-state index is 12.9. The molecule has 0 bridgehead atoms. The van der Waals surface area contributed by atoms with Gasteiger partial charge in [0.05, 0.1) is 5.25 Å². The Bertz CT molecular complexity index is 740. The first-order chi connectivity index (χ1) is 11.1. The molecular weight excluding hydrogens is 308 g/mol. The largest absolute Gasteiger partial charge is 0.308 e. The van der Waals surface area contributed by atoms with E-state index in [2.05, 4.69) is 28.2 Å². The number of aromatic amines is 1. The van der Waals surface area contributed by atoms with E-state index in [-0.39, 0.29) is 17.2 Å². The predicted octanol–water partition coefficient (Wildman–Crippen LogP) is 3.14. The quantitative estimate of drug-likeness (QED) is 0.876. The van der Waals surface area contributed by atoms with Gasteiger partial charge in [0.15, 0.2) is 0 Å². The molecule has 2 aromatic rings. The monoisotopic (exact) mass is 328 g/mol. The fourth-order valence-electron chi connectivity index (χ4n) is 3.16. The Morgan fingerprint density at radius 1 is 1.39 bits per heavy atom. The van der Waals surface area contributed by atoms with Gasteiger partial charge in [-0.05, 0) is 44.7 Å². The summed E-state index contributed by atoms with van der Waals surface area (Å²) in [6, 6.07) is 8.37. The molecule has 1 fully saturated rings. The Balaban J connectivity index is 1.49. The molecule has 1 saturated carbocycles. The van der Waals surface area contributed by atoms with Crippen molar-refractivity contribution in [3.8, 4) is 0 Å². The van der Waals surface area contributed by atoms with E-state index >= 15 is 0 Å². The molecule has 0 saturated heterocycles. The summed E-state index contributed by atoms with van der Waals surface area (Å²) >= 11 is 1.44. The van der Waals surface area contributed by atoms with Gasteiger partial charge in [-0.3, -0.25) is 9.89 Å². The summed E-state index contributed by atoms with van der Waals surface area (Å²) in [5.74, 6) is 1.64. The van der Waals surface area contributed by atoms with Gasteiger partial charge in [0.25, 0.3) is 0 Å². The molecule has 2 atom stereocenters. The van der Waals surface area contributed by atoms with Crippen LogP contribution in [-0.2, 0) is 11.2 Å². The number of nitrogens with one attached hydrogen (secondary N) is 1. The first-order valence-electron chi connectivity index (χ1n) is 8.13. The van der Waals surface area contributed by atoms with Gasteiger partial charge < -0.3 is 4.90 Å². The lowest BCUT2D eigenvalue weighted by molar-refractivity contribution is -0.118. The molecule has 5 nitrogen and oxygen atoms in total. The van der Waals surface area contributed by atoms with Crippen LogP contribution in [0, 0.1) is 0 Å². The van der Waals surface area contributed by atoms with E-state index in [0.717, 1.165) is 17.9 Å². The number of rotatable bonds is 4. The fraction of sp³-hybridized carbons (Fsp3) is 0.471. The Morgan fingerprint density at radius 3 is 2.96 bits per heavy atom. The number of anilines is 1. The molecule has 6 heteroatoms. The molecule has 2 aliphatic rings. The molecule has 0 radical (unpaired) electrons. The molecule has 0 spiro atoms. The lowest BCUT2D eigenvalue weighted by Crippen LogP contribution is -2.40. The van der Waals surface area contributed by atoms with Crippen LogP contribution >= 0.6 is 11.8 Å². The molecule has 23 heavy (non-hydrogen) atoms. The van der Waals surface area contributed by atoms with E-state index in [1.54, 1.807) is 0 Å². The Morgan fingerprint density at radius 2 is 2.17 bits per heavy atom. The highest BCUT2D eigenvalue weighted by atomic mass is 32.2. The van der Waals surface area contributed by atoms with Gasteiger partial charge >= 0.3 is 0 Å². The molecule has 1 N–H and O–H groups in total. The SMILES string of the molecule is CC(Sc1n[nH]c(C2CC2)n1)C(=O)N1c2ccccc2CC1C. The molecule has 1 aromatic heterocycles. The van der Waals surface area contributed by atoms with Crippen LogP contribution in [-0.4, -0.2) is 32.4 Å². The van der Waals surface area contributed by atoms with Gasteiger partial charge in [0, 0.05) is 17.6 Å². The van der Waals surface area contributed by atoms with Crippen LogP contribution in [0.25, 0.3) is 0 Å². The normalized spacial score (nSPS) is 21.3. The Hall–Kier alpha value is -1.82. The molecule has 1 amide bonds. The maximum Gasteiger partial charge on any atom is 0.240 e. The van der Waals surface area contributed by atoms with Crippen molar-refractivity contribution in [1.82, 2.24) is 15.2 Å². The minimum absolute atomic E-state index is 0.130. The lowest BCUT2D eigenvalue weighted by Gasteiger charge is -2.25. The fourth-order valence-corrected chi connectivity index (χ4v) is 3.94. The molecule has 1 aliphatic heterocycles. The molecule has 4 rings (SSSR count). The number of para-hydroxylation sites is 1. The van der Waals surface area contributed by atoms with E-state index in [4.69, 9.17) is 0 Å². The third-order valence-corrected chi connectivity index (χ3v) is 5.47. The number of H-pyrrole nitrogens is 1. The average molecular weight is 328 g/mol. The maximum absolute atomic E-state index is 12.9. The van der Waals surface area contributed by atoms with Crippen LogP contribution < -0.4 is 4.90 Å². The second kappa shape index (κ2) is 5.67. The van der Waals surface area contributed by atoms with Crippen LogP contribution in [0.5, 0.6) is 0 Å². The van der Waals surface area contributed by atoms with E-state index < -0.39 is 0 Å². The number of nitrogens with zero attached hydrogens (tertiary/aromatic N) is 3. The van der Waals surface area contributed by atoms with Crippen LogP contribution in [0.15, 0.2) is 29.4 Å². The number of thioether (sulfide) groups is 1.